The Morgan fingerprint density at radius 2 is 1.67 bits per heavy atom. The molecule has 24 heavy (non-hydrogen) atoms. The molecule has 0 aliphatic rings. The van der Waals surface area contributed by atoms with Crippen LogP contribution >= 0.6 is 0 Å². The summed E-state index contributed by atoms with van der Waals surface area (Å²) in [4.78, 5) is 34.1. The first-order valence-electron chi connectivity index (χ1n) is 8.18. The van der Waals surface area contributed by atoms with Crippen molar-refractivity contribution >= 4 is 17.6 Å². The molecule has 6 nitrogen and oxygen atoms in total. The van der Waals surface area contributed by atoms with E-state index in [0.717, 1.165) is 0 Å². The Hall–Kier alpha value is -2.37. The Bertz CT molecular complexity index is 553. The van der Waals surface area contributed by atoms with Crippen molar-refractivity contribution in [3.63, 3.8) is 0 Å². The minimum atomic E-state index is -0.0654. The summed E-state index contributed by atoms with van der Waals surface area (Å²) in [7, 11) is 0. The average Bonchev–Trinajstić information content (AvgIpc) is 2.55. The van der Waals surface area contributed by atoms with Gasteiger partial charge in [0.25, 0.3) is 0 Å². The first-order chi connectivity index (χ1) is 11.4. The molecule has 0 aliphatic carbocycles. The fourth-order valence-corrected chi connectivity index (χ4v) is 1.89. The van der Waals surface area contributed by atoms with E-state index in [4.69, 9.17) is 4.74 Å². The molecule has 1 rings (SSSR count). The molecular weight excluding hydrogens is 308 g/mol. The van der Waals surface area contributed by atoms with Gasteiger partial charge in [-0.25, -0.2) is 0 Å². The number of nitrogens with one attached hydrogen (secondary N) is 2. The fraction of sp³-hybridized carbons (Fsp3) is 0.500. The van der Waals surface area contributed by atoms with Crippen LogP contribution in [0.4, 0.5) is 0 Å². The second kappa shape index (κ2) is 10.4. The predicted molar refractivity (Wildman–Crippen MR) is 92.0 cm³/mol. The van der Waals surface area contributed by atoms with Crippen molar-refractivity contribution in [3.05, 3.63) is 29.8 Å². The van der Waals surface area contributed by atoms with E-state index >= 15 is 0 Å². The second-order valence-electron chi connectivity index (χ2n) is 5.83. The monoisotopic (exact) mass is 334 g/mol. The van der Waals surface area contributed by atoms with Gasteiger partial charge in [0.15, 0.2) is 5.78 Å². The van der Waals surface area contributed by atoms with Crippen LogP contribution < -0.4 is 15.4 Å². The zero-order valence-corrected chi connectivity index (χ0v) is 14.6. The van der Waals surface area contributed by atoms with Crippen LogP contribution in [-0.2, 0) is 9.59 Å². The summed E-state index contributed by atoms with van der Waals surface area (Å²) < 4.78 is 5.53. The number of Topliss-reactive ketones (excluding diaryl/α,β-unsaturated/α-hetero) is 1. The molecule has 0 bridgehead atoms. The first kappa shape index (κ1) is 19.7. The molecule has 132 valence electrons. The second-order valence-corrected chi connectivity index (χ2v) is 5.83. The highest BCUT2D eigenvalue weighted by Gasteiger charge is 2.06. The number of amides is 2. The summed E-state index contributed by atoms with van der Waals surface area (Å²) in [6.07, 6.45) is 0.961. The van der Waals surface area contributed by atoms with E-state index in [1.807, 2.05) is 13.8 Å². The molecule has 0 fully saturated rings. The lowest BCUT2D eigenvalue weighted by molar-refractivity contribution is -0.124. The van der Waals surface area contributed by atoms with Crippen molar-refractivity contribution in [2.75, 3.05) is 19.7 Å². The van der Waals surface area contributed by atoms with Gasteiger partial charge in [-0.15, -0.1) is 0 Å². The maximum absolute atomic E-state index is 11.6. The van der Waals surface area contributed by atoms with Crippen molar-refractivity contribution in [2.45, 2.75) is 33.6 Å². The molecule has 0 unspecified atom stereocenters. The van der Waals surface area contributed by atoms with Gasteiger partial charge >= 0.3 is 0 Å². The molecule has 2 amide bonds. The van der Waals surface area contributed by atoms with E-state index in [9.17, 15) is 14.4 Å². The quantitative estimate of drug-likeness (QED) is 0.506. The standard InChI is InChI=1S/C18H26N2O4/c1-13(2)18(23)20-11-10-19-17(22)5-4-12-24-16-8-6-15(7-9-16)14(3)21/h6-9,13H,4-5,10-12H2,1-3H3,(H,19,22)(H,20,23). The molecular formula is C18H26N2O4. The molecule has 0 aliphatic heterocycles. The Kier molecular flexibility index (Phi) is 8.54. The van der Waals surface area contributed by atoms with Gasteiger partial charge in [0.1, 0.15) is 5.75 Å². The molecule has 0 spiro atoms. The van der Waals surface area contributed by atoms with Crippen LogP contribution in [0.5, 0.6) is 5.75 Å². The van der Waals surface area contributed by atoms with E-state index in [0.29, 0.717) is 43.9 Å². The predicted octanol–water partition coefficient (Wildman–Crippen LogP) is 1.94. The highest BCUT2D eigenvalue weighted by molar-refractivity contribution is 5.94. The molecule has 6 heteroatoms. The molecule has 1 aromatic rings. The molecule has 0 atom stereocenters. The lowest BCUT2D eigenvalue weighted by Gasteiger charge is -2.09. The summed E-state index contributed by atoms with van der Waals surface area (Å²) in [5.41, 5.74) is 0.645. The highest BCUT2D eigenvalue weighted by Crippen LogP contribution is 2.12. The van der Waals surface area contributed by atoms with Crippen LogP contribution in [0, 0.1) is 5.92 Å². The molecule has 0 saturated heterocycles. The summed E-state index contributed by atoms with van der Waals surface area (Å²) in [5, 5.41) is 5.49. The maximum atomic E-state index is 11.6. The Morgan fingerprint density at radius 1 is 1.04 bits per heavy atom. The highest BCUT2D eigenvalue weighted by atomic mass is 16.5. The van der Waals surface area contributed by atoms with E-state index < -0.39 is 0 Å². The Labute approximate surface area is 143 Å². The molecule has 0 heterocycles. The third-order valence-electron chi connectivity index (χ3n) is 3.35. The van der Waals surface area contributed by atoms with Crippen molar-refractivity contribution in [1.29, 1.82) is 0 Å². The normalized spacial score (nSPS) is 10.3. The number of ether oxygens (including phenoxy) is 1. The van der Waals surface area contributed by atoms with Gasteiger partial charge in [-0.1, -0.05) is 13.8 Å². The Balaban J connectivity index is 2.11. The third kappa shape index (κ3) is 7.76. The molecule has 0 radical (unpaired) electrons. The van der Waals surface area contributed by atoms with E-state index in [-0.39, 0.29) is 23.5 Å². The SMILES string of the molecule is CC(=O)c1ccc(OCCCC(=O)NCCNC(=O)C(C)C)cc1. The zero-order valence-electron chi connectivity index (χ0n) is 14.6. The van der Waals surface area contributed by atoms with Gasteiger partial charge in [-0.3, -0.25) is 14.4 Å². The van der Waals surface area contributed by atoms with Gasteiger partial charge < -0.3 is 15.4 Å². The van der Waals surface area contributed by atoms with Gasteiger partial charge in [-0.05, 0) is 37.6 Å². The number of hydrogen-bond donors (Lipinski definition) is 2. The zero-order chi connectivity index (χ0) is 17.9. The van der Waals surface area contributed by atoms with Crippen LogP contribution in [0.2, 0.25) is 0 Å². The van der Waals surface area contributed by atoms with Gasteiger partial charge in [0, 0.05) is 31.0 Å². The number of carbonyl (C=O) groups is 3. The minimum absolute atomic E-state index is 0.0165. The largest absolute Gasteiger partial charge is 0.494 e. The van der Waals surface area contributed by atoms with Crippen molar-refractivity contribution in [3.8, 4) is 5.75 Å². The van der Waals surface area contributed by atoms with Crippen LogP contribution in [0.25, 0.3) is 0 Å². The maximum Gasteiger partial charge on any atom is 0.222 e. The van der Waals surface area contributed by atoms with E-state index in [1.165, 1.54) is 6.92 Å². The summed E-state index contributed by atoms with van der Waals surface area (Å²) in [5.74, 6) is 0.555. The lowest BCUT2D eigenvalue weighted by atomic mass is 10.1. The summed E-state index contributed by atoms with van der Waals surface area (Å²) >= 11 is 0. The molecule has 0 saturated carbocycles. The topological polar surface area (TPSA) is 84.5 Å². The van der Waals surface area contributed by atoms with Crippen LogP contribution in [0.3, 0.4) is 0 Å². The summed E-state index contributed by atoms with van der Waals surface area (Å²) in [6.45, 7) is 6.44. The van der Waals surface area contributed by atoms with Crippen molar-refractivity contribution in [1.82, 2.24) is 10.6 Å². The van der Waals surface area contributed by atoms with Crippen molar-refractivity contribution < 1.29 is 19.1 Å². The summed E-state index contributed by atoms with van der Waals surface area (Å²) in [6, 6.07) is 6.92. The molecule has 0 aromatic heterocycles. The lowest BCUT2D eigenvalue weighted by Crippen LogP contribution is -2.36. The fourth-order valence-electron chi connectivity index (χ4n) is 1.89. The Morgan fingerprint density at radius 3 is 2.25 bits per heavy atom. The number of ketones is 1. The van der Waals surface area contributed by atoms with E-state index in [1.54, 1.807) is 24.3 Å². The number of benzene rings is 1. The first-order valence-corrected chi connectivity index (χ1v) is 8.18. The van der Waals surface area contributed by atoms with Crippen molar-refractivity contribution in [2.24, 2.45) is 5.92 Å². The van der Waals surface area contributed by atoms with E-state index in [2.05, 4.69) is 10.6 Å². The smallest absolute Gasteiger partial charge is 0.222 e. The average molecular weight is 334 g/mol. The van der Waals surface area contributed by atoms with Crippen LogP contribution in [0.15, 0.2) is 24.3 Å². The number of hydrogen-bond acceptors (Lipinski definition) is 4. The third-order valence-corrected chi connectivity index (χ3v) is 3.35. The van der Waals surface area contributed by atoms with Gasteiger partial charge in [0.2, 0.25) is 11.8 Å². The number of carbonyl (C=O) groups excluding carboxylic acids is 3. The molecule has 1 aromatic carbocycles. The van der Waals surface area contributed by atoms with Gasteiger partial charge in [-0.2, -0.15) is 0 Å². The number of rotatable bonds is 10. The van der Waals surface area contributed by atoms with Crippen LogP contribution in [0.1, 0.15) is 44.0 Å². The van der Waals surface area contributed by atoms with Crippen LogP contribution in [-0.4, -0.2) is 37.3 Å². The minimum Gasteiger partial charge on any atom is -0.494 e. The molecule has 2 N–H and O–H groups in total. The van der Waals surface area contributed by atoms with Gasteiger partial charge in [0.05, 0.1) is 6.61 Å².